The minimum Gasteiger partial charge on any atom is -0.381 e. The summed E-state index contributed by atoms with van der Waals surface area (Å²) in [5.74, 6) is 0.275. The van der Waals surface area contributed by atoms with Gasteiger partial charge < -0.3 is 4.74 Å². The Hall–Kier alpha value is 0.110. The fraction of sp³-hybridized carbons (Fsp3) is 1.00. The standard InChI is InChI=1S/C7H11ClF2O/c8-4-7(3-6(9)10)1-2-11-5-7/h6H,1-5H2. The van der Waals surface area contributed by atoms with Crippen LogP contribution in [0.25, 0.3) is 0 Å². The van der Waals surface area contributed by atoms with Crippen LogP contribution in [0.1, 0.15) is 12.8 Å². The summed E-state index contributed by atoms with van der Waals surface area (Å²) in [6.45, 7) is 0.959. The average Bonchev–Trinajstić information content (AvgIpc) is 2.36. The van der Waals surface area contributed by atoms with Crippen LogP contribution in [-0.2, 0) is 4.74 Å². The smallest absolute Gasteiger partial charge is 0.239 e. The molecule has 11 heavy (non-hydrogen) atoms. The van der Waals surface area contributed by atoms with Gasteiger partial charge in [-0.15, -0.1) is 11.6 Å². The predicted octanol–water partition coefficient (Wildman–Crippen LogP) is 2.29. The van der Waals surface area contributed by atoms with E-state index in [1.807, 2.05) is 0 Å². The number of halogens is 3. The minimum absolute atomic E-state index is 0.128. The van der Waals surface area contributed by atoms with Crippen LogP contribution in [0.5, 0.6) is 0 Å². The molecule has 0 N–H and O–H groups in total. The van der Waals surface area contributed by atoms with Crippen LogP contribution in [0.15, 0.2) is 0 Å². The molecule has 1 aliphatic heterocycles. The zero-order valence-corrected chi connectivity index (χ0v) is 6.91. The molecule has 0 bridgehead atoms. The summed E-state index contributed by atoms with van der Waals surface area (Å²) in [7, 11) is 0. The van der Waals surface area contributed by atoms with E-state index in [0.29, 0.717) is 19.6 Å². The Kier molecular flexibility index (Phi) is 3.07. The monoisotopic (exact) mass is 184 g/mol. The maximum atomic E-state index is 12.0. The third-order valence-corrected chi connectivity index (χ3v) is 2.62. The van der Waals surface area contributed by atoms with Crippen LogP contribution in [0, 0.1) is 5.41 Å². The molecule has 1 unspecified atom stereocenters. The molecule has 0 aromatic carbocycles. The van der Waals surface area contributed by atoms with E-state index in [1.165, 1.54) is 0 Å². The van der Waals surface area contributed by atoms with Gasteiger partial charge in [-0.1, -0.05) is 0 Å². The maximum absolute atomic E-state index is 12.0. The molecule has 0 amide bonds. The summed E-state index contributed by atoms with van der Waals surface area (Å²) in [6.07, 6.45) is -1.73. The second-order valence-electron chi connectivity index (χ2n) is 3.03. The Morgan fingerprint density at radius 2 is 2.27 bits per heavy atom. The van der Waals surface area contributed by atoms with Crippen molar-refractivity contribution < 1.29 is 13.5 Å². The van der Waals surface area contributed by atoms with Gasteiger partial charge in [-0.25, -0.2) is 8.78 Å². The number of rotatable bonds is 3. The van der Waals surface area contributed by atoms with Crippen molar-refractivity contribution in [2.24, 2.45) is 5.41 Å². The van der Waals surface area contributed by atoms with Crippen molar-refractivity contribution in [1.29, 1.82) is 0 Å². The highest BCUT2D eigenvalue weighted by Crippen LogP contribution is 2.35. The first kappa shape index (κ1) is 9.20. The Bertz CT molecular complexity index is 124. The van der Waals surface area contributed by atoms with Crippen molar-refractivity contribution >= 4 is 11.6 Å². The predicted molar refractivity (Wildman–Crippen MR) is 39.2 cm³/mol. The fourth-order valence-electron chi connectivity index (χ4n) is 1.30. The first-order valence-corrected chi connectivity index (χ1v) is 4.14. The molecule has 1 fully saturated rings. The molecule has 0 radical (unpaired) electrons. The third-order valence-electron chi connectivity index (χ3n) is 2.06. The lowest BCUT2D eigenvalue weighted by molar-refractivity contribution is 0.0701. The van der Waals surface area contributed by atoms with E-state index < -0.39 is 11.8 Å². The maximum Gasteiger partial charge on any atom is 0.239 e. The van der Waals surface area contributed by atoms with Crippen molar-refractivity contribution in [3.8, 4) is 0 Å². The highest BCUT2D eigenvalue weighted by Gasteiger charge is 2.36. The summed E-state index contributed by atoms with van der Waals surface area (Å²) < 4.78 is 29.0. The van der Waals surface area contributed by atoms with Crippen LogP contribution in [0.4, 0.5) is 8.78 Å². The minimum atomic E-state index is -2.27. The normalized spacial score (nSPS) is 31.6. The fourth-order valence-corrected chi connectivity index (χ4v) is 1.62. The Labute approximate surface area is 69.7 Å². The molecule has 4 heteroatoms. The molecule has 1 aliphatic rings. The summed E-state index contributed by atoms with van der Waals surface area (Å²) >= 11 is 5.60. The van der Waals surface area contributed by atoms with E-state index in [9.17, 15) is 8.78 Å². The summed E-state index contributed by atoms with van der Waals surface area (Å²) in [4.78, 5) is 0. The summed E-state index contributed by atoms with van der Waals surface area (Å²) in [5, 5.41) is 0. The van der Waals surface area contributed by atoms with Gasteiger partial charge in [0.2, 0.25) is 6.43 Å². The lowest BCUT2D eigenvalue weighted by Gasteiger charge is -2.23. The second kappa shape index (κ2) is 3.68. The number of hydrogen-bond donors (Lipinski definition) is 0. The molecule has 0 aliphatic carbocycles. The summed E-state index contributed by atoms with van der Waals surface area (Å²) in [6, 6.07) is 0. The topological polar surface area (TPSA) is 9.23 Å². The van der Waals surface area contributed by atoms with Crippen LogP contribution >= 0.6 is 11.6 Å². The number of alkyl halides is 3. The highest BCUT2D eigenvalue weighted by atomic mass is 35.5. The Morgan fingerprint density at radius 3 is 2.64 bits per heavy atom. The van der Waals surface area contributed by atoms with E-state index in [4.69, 9.17) is 16.3 Å². The molecule has 66 valence electrons. The molecule has 1 heterocycles. The quantitative estimate of drug-likeness (QED) is 0.612. The first-order valence-electron chi connectivity index (χ1n) is 3.60. The van der Waals surface area contributed by atoms with Gasteiger partial charge in [0, 0.05) is 24.3 Å². The van der Waals surface area contributed by atoms with E-state index in [-0.39, 0.29) is 12.3 Å². The van der Waals surface area contributed by atoms with E-state index in [2.05, 4.69) is 0 Å². The lowest BCUT2D eigenvalue weighted by atomic mass is 9.86. The third kappa shape index (κ3) is 2.27. The van der Waals surface area contributed by atoms with E-state index in [0.717, 1.165) is 0 Å². The largest absolute Gasteiger partial charge is 0.381 e. The van der Waals surface area contributed by atoms with Gasteiger partial charge in [0.25, 0.3) is 0 Å². The summed E-state index contributed by atoms with van der Waals surface area (Å²) in [5.41, 5.74) is -0.449. The van der Waals surface area contributed by atoms with Crippen LogP contribution < -0.4 is 0 Å². The van der Waals surface area contributed by atoms with Gasteiger partial charge in [0.05, 0.1) is 6.61 Å². The van der Waals surface area contributed by atoms with Gasteiger partial charge in [0.1, 0.15) is 0 Å². The van der Waals surface area contributed by atoms with E-state index in [1.54, 1.807) is 0 Å². The van der Waals surface area contributed by atoms with Crippen LogP contribution in [0.2, 0.25) is 0 Å². The molecule has 1 rings (SSSR count). The zero-order valence-electron chi connectivity index (χ0n) is 6.16. The van der Waals surface area contributed by atoms with Gasteiger partial charge in [0.15, 0.2) is 0 Å². The molecular weight excluding hydrogens is 174 g/mol. The average molecular weight is 185 g/mol. The second-order valence-corrected chi connectivity index (χ2v) is 3.30. The van der Waals surface area contributed by atoms with Crippen molar-refractivity contribution in [3.05, 3.63) is 0 Å². The molecule has 1 atom stereocenters. The van der Waals surface area contributed by atoms with Gasteiger partial charge in [-0.2, -0.15) is 0 Å². The van der Waals surface area contributed by atoms with Crippen molar-refractivity contribution in [2.45, 2.75) is 19.3 Å². The highest BCUT2D eigenvalue weighted by molar-refractivity contribution is 6.18. The Morgan fingerprint density at radius 1 is 1.55 bits per heavy atom. The first-order chi connectivity index (χ1) is 5.18. The van der Waals surface area contributed by atoms with Crippen molar-refractivity contribution in [2.75, 3.05) is 19.1 Å². The van der Waals surface area contributed by atoms with Gasteiger partial charge in [-0.3, -0.25) is 0 Å². The number of ether oxygens (including phenoxy) is 1. The van der Waals surface area contributed by atoms with E-state index >= 15 is 0 Å². The van der Waals surface area contributed by atoms with Gasteiger partial charge >= 0.3 is 0 Å². The van der Waals surface area contributed by atoms with Crippen LogP contribution in [0.3, 0.4) is 0 Å². The SMILES string of the molecule is FC(F)CC1(CCl)CCOC1. The zero-order chi connectivity index (χ0) is 8.32. The Balaban J connectivity index is 2.45. The van der Waals surface area contributed by atoms with Crippen molar-refractivity contribution in [1.82, 2.24) is 0 Å². The van der Waals surface area contributed by atoms with Gasteiger partial charge in [-0.05, 0) is 6.42 Å². The molecule has 0 aromatic heterocycles. The molecule has 0 aromatic rings. The van der Waals surface area contributed by atoms with Crippen LogP contribution in [-0.4, -0.2) is 25.5 Å². The molecule has 1 saturated heterocycles. The molecular formula is C7H11ClF2O. The lowest BCUT2D eigenvalue weighted by Crippen LogP contribution is -2.25. The number of hydrogen-bond acceptors (Lipinski definition) is 1. The molecule has 0 saturated carbocycles. The van der Waals surface area contributed by atoms with Crippen molar-refractivity contribution in [3.63, 3.8) is 0 Å². The molecule has 1 nitrogen and oxygen atoms in total. The molecule has 0 spiro atoms.